The van der Waals surface area contributed by atoms with E-state index in [-0.39, 0.29) is 43.0 Å². The van der Waals surface area contributed by atoms with Crippen LogP contribution in [0.3, 0.4) is 0 Å². The largest absolute Gasteiger partial charge is 0.493 e. The van der Waals surface area contributed by atoms with E-state index >= 15 is 0 Å². The molecule has 0 saturated carbocycles. The number of tetrazole rings is 1. The fraction of sp³-hybridized carbons (Fsp3) is 0.455. The Bertz CT molecular complexity index is 1220. The summed E-state index contributed by atoms with van der Waals surface area (Å²) in [7, 11) is 0. The molecule has 2 amide bonds. The standard InChI is InChI=1S/C22H30ClN9O5/c1-22(2,29-23)20(35)25-16(13-37-12-14-7-4-3-5-8-14)18-28-30-31-32(18)10-6-9-24-17(33)11-15-19(34)27-21(36)26-15/h3-5,7-8,16,29,34H,6,9-13H2,1-2H3,(H,24,33)(H,25,35)(H2,26,27,36)/t16-/m1/s1. The van der Waals surface area contributed by atoms with E-state index in [9.17, 15) is 19.5 Å². The van der Waals surface area contributed by atoms with Crippen LogP contribution in [0.1, 0.15) is 43.4 Å². The monoisotopic (exact) mass is 535 g/mol. The molecule has 3 rings (SSSR count). The lowest BCUT2D eigenvalue weighted by atomic mass is 10.1. The van der Waals surface area contributed by atoms with Crippen molar-refractivity contribution in [3.63, 3.8) is 0 Å². The number of hydrogen-bond donors (Lipinski definition) is 6. The molecular weight excluding hydrogens is 506 g/mol. The maximum absolute atomic E-state index is 12.8. The van der Waals surface area contributed by atoms with Crippen LogP contribution in [-0.2, 0) is 33.9 Å². The third kappa shape index (κ3) is 8.13. The summed E-state index contributed by atoms with van der Waals surface area (Å²) in [5.74, 6) is -0.733. The van der Waals surface area contributed by atoms with Crippen LogP contribution in [0, 0.1) is 0 Å². The van der Waals surface area contributed by atoms with Crippen LogP contribution >= 0.6 is 11.8 Å². The third-order valence-electron chi connectivity index (χ3n) is 5.36. The van der Waals surface area contributed by atoms with Crippen LogP contribution in [0.25, 0.3) is 0 Å². The molecule has 15 heteroatoms. The van der Waals surface area contributed by atoms with Crippen molar-refractivity contribution in [2.24, 2.45) is 0 Å². The van der Waals surface area contributed by atoms with Gasteiger partial charge < -0.3 is 25.5 Å². The highest BCUT2D eigenvalue weighted by atomic mass is 35.5. The summed E-state index contributed by atoms with van der Waals surface area (Å²) in [4.78, 5) is 43.0. The molecule has 0 aliphatic carbocycles. The van der Waals surface area contributed by atoms with Crippen molar-refractivity contribution >= 4 is 23.6 Å². The fourth-order valence-corrected chi connectivity index (χ4v) is 3.36. The highest BCUT2D eigenvalue weighted by Gasteiger charge is 2.31. The Balaban J connectivity index is 1.58. The van der Waals surface area contributed by atoms with Gasteiger partial charge in [0.2, 0.25) is 17.7 Å². The zero-order chi connectivity index (χ0) is 26.8. The number of nitrogens with one attached hydrogen (secondary N) is 5. The first-order chi connectivity index (χ1) is 17.7. The van der Waals surface area contributed by atoms with Crippen molar-refractivity contribution < 1.29 is 19.4 Å². The number of amides is 2. The number of imidazole rings is 1. The van der Waals surface area contributed by atoms with E-state index in [1.165, 1.54) is 4.68 Å². The molecule has 0 spiro atoms. The summed E-state index contributed by atoms with van der Waals surface area (Å²) in [6.07, 6.45) is 0.289. The number of aromatic hydroxyl groups is 1. The average molecular weight is 536 g/mol. The molecule has 14 nitrogen and oxygen atoms in total. The molecule has 3 aromatic rings. The number of aromatic amines is 2. The number of aromatic nitrogens is 6. The summed E-state index contributed by atoms with van der Waals surface area (Å²) < 4.78 is 7.38. The van der Waals surface area contributed by atoms with Crippen molar-refractivity contribution in [3.8, 4) is 5.88 Å². The zero-order valence-electron chi connectivity index (χ0n) is 20.5. The van der Waals surface area contributed by atoms with Gasteiger partial charge >= 0.3 is 5.69 Å². The highest BCUT2D eigenvalue weighted by Crippen LogP contribution is 2.15. The van der Waals surface area contributed by atoms with Crippen LogP contribution in [0.2, 0.25) is 0 Å². The molecule has 0 unspecified atom stereocenters. The van der Waals surface area contributed by atoms with Crippen molar-refractivity contribution in [3.05, 3.63) is 57.9 Å². The van der Waals surface area contributed by atoms with Crippen molar-refractivity contribution in [1.29, 1.82) is 0 Å². The molecule has 2 heterocycles. The van der Waals surface area contributed by atoms with Gasteiger partial charge in [0.15, 0.2) is 5.82 Å². The molecule has 0 radical (unpaired) electrons. The second-order valence-corrected chi connectivity index (χ2v) is 8.98. The second kappa shape index (κ2) is 13.0. The van der Waals surface area contributed by atoms with E-state index in [4.69, 9.17) is 16.5 Å². The first-order valence-corrected chi connectivity index (χ1v) is 11.9. The van der Waals surface area contributed by atoms with E-state index in [1.54, 1.807) is 13.8 Å². The van der Waals surface area contributed by atoms with Gasteiger partial charge in [-0.05, 0) is 48.0 Å². The number of carbonyl (C=O) groups excluding carboxylic acids is 2. The molecular formula is C22H30ClN9O5. The number of carbonyl (C=O) groups is 2. The summed E-state index contributed by atoms with van der Waals surface area (Å²) in [6.45, 7) is 4.33. The van der Waals surface area contributed by atoms with Gasteiger partial charge in [0, 0.05) is 13.1 Å². The zero-order valence-corrected chi connectivity index (χ0v) is 21.2. The Morgan fingerprint density at radius 1 is 1.24 bits per heavy atom. The highest BCUT2D eigenvalue weighted by molar-refractivity contribution is 6.15. The number of benzene rings is 1. The van der Waals surface area contributed by atoms with Gasteiger partial charge in [0.05, 0.1) is 25.3 Å². The third-order valence-corrected chi connectivity index (χ3v) is 5.84. The number of hydrogen-bond acceptors (Lipinski definition) is 9. The van der Waals surface area contributed by atoms with Crippen LogP contribution in [-0.4, -0.2) is 65.8 Å². The second-order valence-electron chi connectivity index (χ2n) is 8.79. The summed E-state index contributed by atoms with van der Waals surface area (Å²) in [5, 5.41) is 27.0. The molecule has 200 valence electrons. The molecule has 0 saturated heterocycles. The first kappa shape index (κ1) is 27.8. The molecule has 0 aliphatic heterocycles. The topological polar surface area (TPSA) is 192 Å². The molecule has 0 bridgehead atoms. The maximum atomic E-state index is 12.8. The predicted molar refractivity (Wildman–Crippen MR) is 132 cm³/mol. The number of ether oxygens (including phenoxy) is 1. The van der Waals surface area contributed by atoms with Gasteiger partial charge in [-0.15, -0.1) is 5.10 Å². The number of aryl methyl sites for hydroxylation is 1. The minimum Gasteiger partial charge on any atom is -0.493 e. The first-order valence-electron chi connectivity index (χ1n) is 11.5. The molecule has 37 heavy (non-hydrogen) atoms. The lowest BCUT2D eigenvalue weighted by Crippen LogP contribution is -2.51. The lowest BCUT2D eigenvalue weighted by molar-refractivity contribution is -0.127. The van der Waals surface area contributed by atoms with Gasteiger partial charge in [0.25, 0.3) is 0 Å². The smallest absolute Gasteiger partial charge is 0.325 e. The van der Waals surface area contributed by atoms with Gasteiger partial charge in [-0.1, -0.05) is 30.3 Å². The van der Waals surface area contributed by atoms with Crippen LogP contribution in [0.4, 0.5) is 0 Å². The molecule has 2 aromatic heterocycles. The minimum absolute atomic E-state index is 0.105. The van der Waals surface area contributed by atoms with E-state index < -0.39 is 17.3 Å². The predicted octanol–water partition coefficient (Wildman–Crippen LogP) is 0.0402. The van der Waals surface area contributed by atoms with E-state index in [0.29, 0.717) is 25.4 Å². The van der Waals surface area contributed by atoms with Gasteiger partial charge in [0.1, 0.15) is 11.6 Å². The number of halogens is 1. The van der Waals surface area contributed by atoms with Crippen molar-refractivity contribution in [2.45, 2.75) is 51.4 Å². The lowest BCUT2D eigenvalue weighted by Gasteiger charge is -2.25. The van der Waals surface area contributed by atoms with E-state index in [2.05, 4.69) is 41.0 Å². The molecule has 0 fully saturated rings. The molecule has 6 N–H and O–H groups in total. The normalized spacial score (nSPS) is 12.3. The van der Waals surface area contributed by atoms with E-state index in [1.807, 2.05) is 30.3 Å². The summed E-state index contributed by atoms with van der Waals surface area (Å²) in [5.41, 5.74) is -0.567. The van der Waals surface area contributed by atoms with Gasteiger partial charge in [-0.3, -0.25) is 14.6 Å². The van der Waals surface area contributed by atoms with E-state index in [0.717, 1.165) is 5.56 Å². The van der Waals surface area contributed by atoms with Crippen LogP contribution < -0.4 is 21.2 Å². The summed E-state index contributed by atoms with van der Waals surface area (Å²) in [6, 6.07) is 8.93. The van der Waals surface area contributed by atoms with Crippen LogP contribution in [0.15, 0.2) is 35.1 Å². The van der Waals surface area contributed by atoms with Gasteiger partial charge in [-0.2, -0.15) is 0 Å². The number of rotatable bonds is 14. The Morgan fingerprint density at radius 3 is 2.68 bits per heavy atom. The Hall–Kier alpha value is -3.75. The molecule has 0 aliphatic rings. The number of H-pyrrole nitrogens is 2. The molecule has 1 aromatic carbocycles. The van der Waals surface area contributed by atoms with Gasteiger partial charge in [-0.25, -0.2) is 14.3 Å². The Kier molecular flexibility index (Phi) is 9.77. The minimum atomic E-state index is -1.06. The van der Waals surface area contributed by atoms with Crippen molar-refractivity contribution in [2.75, 3.05) is 13.2 Å². The quantitative estimate of drug-likeness (QED) is 0.122. The number of nitrogens with zero attached hydrogens (tertiary/aromatic N) is 4. The Morgan fingerprint density at radius 2 is 2.00 bits per heavy atom. The molecule has 1 atom stereocenters. The summed E-state index contributed by atoms with van der Waals surface area (Å²) >= 11 is 5.73. The average Bonchev–Trinajstić information content (AvgIpc) is 3.46. The SMILES string of the molecule is CC(C)(NCl)C(=O)N[C@H](COCc1ccccc1)c1nnnn1CCCNC(=O)Cc1[nH]c(=O)[nH]c1O. The van der Waals surface area contributed by atoms with Crippen LogP contribution in [0.5, 0.6) is 5.88 Å². The van der Waals surface area contributed by atoms with Crippen molar-refractivity contribution in [1.82, 2.24) is 45.6 Å². The maximum Gasteiger partial charge on any atom is 0.325 e. The fourth-order valence-electron chi connectivity index (χ4n) is 3.27. The Labute approximate surface area is 217 Å².